The highest BCUT2D eigenvalue weighted by Gasteiger charge is 2.25. The van der Waals surface area contributed by atoms with Crippen LogP contribution in [0.5, 0.6) is 0 Å². The smallest absolute Gasteiger partial charge is 0.369 e. The number of benzene rings is 1. The van der Waals surface area contributed by atoms with Crippen molar-refractivity contribution in [3.8, 4) is 0 Å². The number of anilines is 1. The van der Waals surface area contributed by atoms with Gasteiger partial charge in [-0.15, -0.1) is 0 Å². The standard InChI is InChI=1S/C13H17NO3S/c1-4-13(2,3)11(15)14-9-5-7-10(8-6-9)18-12(16)17/h5-8H,4H2,1-3H3,(H,14,15)(H,16,17). The maximum Gasteiger partial charge on any atom is 0.369 e. The molecule has 0 aliphatic rings. The molecule has 0 bridgehead atoms. The summed E-state index contributed by atoms with van der Waals surface area (Å²) >= 11 is 0.740. The van der Waals surface area contributed by atoms with E-state index >= 15 is 0 Å². The van der Waals surface area contributed by atoms with Crippen molar-refractivity contribution in [3.63, 3.8) is 0 Å². The van der Waals surface area contributed by atoms with E-state index < -0.39 is 10.7 Å². The number of rotatable bonds is 4. The van der Waals surface area contributed by atoms with E-state index in [4.69, 9.17) is 5.11 Å². The fraction of sp³-hybridized carbons (Fsp3) is 0.385. The van der Waals surface area contributed by atoms with Crippen molar-refractivity contribution in [1.82, 2.24) is 0 Å². The van der Waals surface area contributed by atoms with Gasteiger partial charge in [-0.1, -0.05) is 20.8 Å². The summed E-state index contributed by atoms with van der Waals surface area (Å²) in [4.78, 5) is 23.0. The van der Waals surface area contributed by atoms with E-state index in [1.807, 2.05) is 20.8 Å². The lowest BCUT2D eigenvalue weighted by atomic mass is 9.89. The van der Waals surface area contributed by atoms with Crippen LogP contribution in [-0.4, -0.2) is 16.3 Å². The Kier molecular flexibility index (Phi) is 4.78. The predicted molar refractivity (Wildman–Crippen MR) is 73.0 cm³/mol. The van der Waals surface area contributed by atoms with Gasteiger partial charge in [0.25, 0.3) is 0 Å². The van der Waals surface area contributed by atoms with Crippen molar-refractivity contribution < 1.29 is 14.7 Å². The van der Waals surface area contributed by atoms with Gasteiger partial charge < -0.3 is 10.4 Å². The van der Waals surface area contributed by atoms with E-state index in [9.17, 15) is 9.59 Å². The third-order valence-corrected chi connectivity index (χ3v) is 3.50. The van der Waals surface area contributed by atoms with Gasteiger partial charge in [-0.05, 0) is 42.4 Å². The number of carbonyl (C=O) groups is 2. The molecule has 1 aromatic carbocycles. The average Bonchev–Trinajstić information content (AvgIpc) is 2.31. The van der Waals surface area contributed by atoms with E-state index in [-0.39, 0.29) is 5.91 Å². The number of thioether (sulfide) groups is 1. The van der Waals surface area contributed by atoms with E-state index in [2.05, 4.69) is 5.32 Å². The van der Waals surface area contributed by atoms with Crippen LogP contribution >= 0.6 is 11.8 Å². The van der Waals surface area contributed by atoms with Gasteiger partial charge in [0.2, 0.25) is 5.91 Å². The lowest BCUT2D eigenvalue weighted by Gasteiger charge is -2.21. The van der Waals surface area contributed by atoms with Crippen LogP contribution in [0.15, 0.2) is 29.2 Å². The summed E-state index contributed by atoms with van der Waals surface area (Å²) in [6, 6.07) is 6.75. The van der Waals surface area contributed by atoms with Gasteiger partial charge in [0.05, 0.1) is 0 Å². The zero-order valence-corrected chi connectivity index (χ0v) is 11.5. The lowest BCUT2D eigenvalue weighted by Crippen LogP contribution is -2.29. The topological polar surface area (TPSA) is 66.4 Å². The maximum atomic E-state index is 11.9. The summed E-state index contributed by atoms with van der Waals surface area (Å²) in [5.41, 5.74) is 0.269. The summed E-state index contributed by atoms with van der Waals surface area (Å²) < 4.78 is 0. The SMILES string of the molecule is CCC(C)(C)C(=O)Nc1ccc(SC(=O)O)cc1. The summed E-state index contributed by atoms with van der Waals surface area (Å²) in [5, 5.41) is 10.5. The largest absolute Gasteiger partial charge is 0.473 e. The Morgan fingerprint density at radius 3 is 2.28 bits per heavy atom. The molecular formula is C13H17NO3S. The molecule has 2 N–H and O–H groups in total. The third kappa shape index (κ3) is 4.07. The monoisotopic (exact) mass is 267 g/mol. The van der Waals surface area contributed by atoms with Crippen LogP contribution < -0.4 is 5.32 Å². The third-order valence-electron chi connectivity index (χ3n) is 2.82. The number of hydrogen-bond acceptors (Lipinski definition) is 3. The zero-order chi connectivity index (χ0) is 13.8. The molecule has 18 heavy (non-hydrogen) atoms. The molecular weight excluding hydrogens is 250 g/mol. The molecule has 0 fully saturated rings. The van der Waals surface area contributed by atoms with Gasteiger partial charge in [0, 0.05) is 16.0 Å². The molecule has 4 nitrogen and oxygen atoms in total. The van der Waals surface area contributed by atoms with Crippen LogP contribution in [0.3, 0.4) is 0 Å². The van der Waals surface area contributed by atoms with E-state index in [1.54, 1.807) is 24.3 Å². The van der Waals surface area contributed by atoms with Gasteiger partial charge >= 0.3 is 5.30 Å². The predicted octanol–water partition coefficient (Wildman–Crippen LogP) is 3.83. The first-order valence-corrected chi connectivity index (χ1v) is 6.49. The number of hydrogen-bond donors (Lipinski definition) is 2. The van der Waals surface area contributed by atoms with Crippen LogP contribution in [0.4, 0.5) is 10.5 Å². The quantitative estimate of drug-likeness (QED) is 0.814. The van der Waals surface area contributed by atoms with Crippen LogP contribution in [0, 0.1) is 5.41 Å². The van der Waals surface area contributed by atoms with Crippen molar-refractivity contribution in [3.05, 3.63) is 24.3 Å². The second-order valence-corrected chi connectivity index (χ2v) is 5.61. The van der Waals surface area contributed by atoms with Gasteiger partial charge in [0.1, 0.15) is 0 Å². The minimum absolute atomic E-state index is 0.0383. The number of carbonyl (C=O) groups excluding carboxylic acids is 1. The minimum Gasteiger partial charge on any atom is -0.473 e. The molecule has 0 aliphatic carbocycles. The Bertz CT molecular complexity index is 440. The first-order chi connectivity index (χ1) is 8.35. The highest BCUT2D eigenvalue weighted by Crippen LogP contribution is 2.24. The van der Waals surface area contributed by atoms with Crippen LogP contribution in [-0.2, 0) is 4.79 Å². The van der Waals surface area contributed by atoms with Gasteiger partial charge in [0.15, 0.2) is 0 Å². The summed E-state index contributed by atoms with van der Waals surface area (Å²) in [6.45, 7) is 5.74. The van der Waals surface area contributed by atoms with Crippen molar-refractivity contribution in [1.29, 1.82) is 0 Å². The average molecular weight is 267 g/mol. The molecule has 98 valence electrons. The molecule has 1 amide bonds. The Morgan fingerprint density at radius 1 is 1.28 bits per heavy atom. The Balaban J connectivity index is 2.69. The molecule has 1 aromatic rings. The lowest BCUT2D eigenvalue weighted by molar-refractivity contribution is -0.124. The first kappa shape index (κ1) is 14.6. The molecule has 0 aromatic heterocycles. The Morgan fingerprint density at radius 2 is 1.83 bits per heavy atom. The normalized spacial score (nSPS) is 11.1. The number of carboxylic acid groups (broad SMARTS) is 1. The van der Waals surface area contributed by atoms with Crippen LogP contribution in [0.25, 0.3) is 0 Å². The minimum atomic E-state index is -0.945. The zero-order valence-electron chi connectivity index (χ0n) is 10.7. The molecule has 5 heteroatoms. The van der Waals surface area contributed by atoms with Crippen molar-refractivity contribution in [2.75, 3.05) is 5.32 Å². The highest BCUT2D eigenvalue weighted by molar-refractivity contribution is 8.13. The molecule has 0 saturated heterocycles. The second kappa shape index (κ2) is 5.91. The highest BCUT2D eigenvalue weighted by atomic mass is 32.2. The summed E-state index contributed by atoms with van der Waals surface area (Å²) in [6.07, 6.45) is 0.756. The first-order valence-electron chi connectivity index (χ1n) is 5.67. The van der Waals surface area contributed by atoms with Gasteiger partial charge in [-0.25, -0.2) is 4.79 Å². The molecule has 0 saturated carbocycles. The molecule has 0 unspecified atom stereocenters. The molecule has 0 atom stereocenters. The van der Waals surface area contributed by atoms with Crippen molar-refractivity contribution in [2.24, 2.45) is 5.41 Å². The molecule has 0 radical (unpaired) electrons. The van der Waals surface area contributed by atoms with Crippen molar-refractivity contribution in [2.45, 2.75) is 32.1 Å². The van der Waals surface area contributed by atoms with Crippen LogP contribution in [0.1, 0.15) is 27.2 Å². The summed E-state index contributed by atoms with van der Waals surface area (Å²) in [5.74, 6) is -0.0383. The van der Waals surface area contributed by atoms with Crippen molar-refractivity contribution >= 4 is 28.7 Å². The van der Waals surface area contributed by atoms with Gasteiger partial charge in [-0.3, -0.25) is 4.79 Å². The van der Waals surface area contributed by atoms with Gasteiger partial charge in [-0.2, -0.15) is 0 Å². The maximum absolute atomic E-state index is 11.9. The molecule has 1 rings (SSSR count). The second-order valence-electron chi connectivity index (χ2n) is 4.58. The molecule has 0 aliphatic heterocycles. The molecule has 0 heterocycles. The van der Waals surface area contributed by atoms with Crippen LogP contribution in [0.2, 0.25) is 0 Å². The Labute approximate surface area is 111 Å². The fourth-order valence-corrected chi connectivity index (χ4v) is 1.64. The van der Waals surface area contributed by atoms with E-state index in [1.165, 1.54) is 0 Å². The molecule has 0 spiro atoms. The summed E-state index contributed by atoms with van der Waals surface area (Å²) in [7, 11) is 0. The fourth-order valence-electron chi connectivity index (χ4n) is 1.17. The number of nitrogens with one attached hydrogen (secondary N) is 1. The van der Waals surface area contributed by atoms with E-state index in [0.29, 0.717) is 10.6 Å². The van der Waals surface area contributed by atoms with E-state index in [0.717, 1.165) is 18.2 Å². The Hall–Kier alpha value is -1.49. The number of amides is 1.